The lowest BCUT2D eigenvalue weighted by atomic mass is 10.3. The van der Waals surface area contributed by atoms with E-state index < -0.39 is 0 Å². The van der Waals surface area contributed by atoms with E-state index in [0.717, 1.165) is 0 Å². The summed E-state index contributed by atoms with van der Waals surface area (Å²) >= 11 is 0. The highest BCUT2D eigenvalue weighted by molar-refractivity contribution is 5.48. The Bertz CT molecular complexity index is 730. The second-order valence-corrected chi connectivity index (χ2v) is 4.65. The largest absolute Gasteiger partial charge is 0.508 e. The minimum Gasteiger partial charge on any atom is -0.508 e. The van der Waals surface area contributed by atoms with Crippen LogP contribution in [-0.4, -0.2) is 64.5 Å². The van der Waals surface area contributed by atoms with Gasteiger partial charge in [-0.2, -0.15) is 4.68 Å². The third-order valence-corrected chi connectivity index (χ3v) is 2.71. The zero-order valence-corrected chi connectivity index (χ0v) is 11.5. The molecular weight excluding hydrogens is 274 g/mol. The van der Waals surface area contributed by atoms with Crippen molar-refractivity contribution in [2.75, 3.05) is 14.1 Å². The van der Waals surface area contributed by atoms with Crippen LogP contribution in [0.15, 0.2) is 24.3 Å². The second kappa shape index (κ2) is 5.25. The predicted molar refractivity (Wildman–Crippen MR) is 71.3 cm³/mol. The summed E-state index contributed by atoms with van der Waals surface area (Å²) in [6.07, 6.45) is 0. The quantitative estimate of drug-likeness (QED) is 0.686. The molecule has 0 bridgehead atoms. The van der Waals surface area contributed by atoms with Gasteiger partial charge in [0.2, 0.25) is 11.6 Å². The topological polar surface area (TPSA) is 111 Å². The van der Waals surface area contributed by atoms with Gasteiger partial charge in [-0.05, 0) is 59.2 Å². The minimum absolute atomic E-state index is 0.172. The first-order valence-electron chi connectivity index (χ1n) is 6.14. The van der Waals surface area contributed by atoms with E-state index in [1.165, 1.54) is 4.68 Å². The van der Waals surface area contributed by atoms with Gasteiger partial charge < -0.3 is 5.11 Å². The van der Waals surface area contributed by atoms with E-state index in [1.54, 1.807) is 28.9 Å². The molecule has 0 aliphatic carbocycles. The summed E-state index contributed by atoms with van der Waals surface area (Å²) in [7, 11) is 3.82. The van der Waals surface area contributed by atoms with Crippen molar-refractivity contribution >= 4 is 0 Å². The molecule has 0 atom stereocenters. The molecule has 2 heterocycles. The van der Waals surface area contributed by atoms with Crippen molar-refractivity contribution in [1.29, 1.82) is 0 Å². The Balaban J connectivity index is 2.03. The molecule has 0 radical (unpaired) electrons. The Labute approximate surface area is 119 Å². The van der Waals surface area contributed by atoms with Gasteiger partial charge in [-0.3, -0.25) is 4.90 Å². The van der Waals surface area contributed by atoms with Crippen LogP contribution in [0.1, 0.15) is 0 Å². The van der Waals surface area contributed by atoms with Crippen molar-refractivity contribution in [3.8, 4) is 23.1 Å². The van der Waals surface area contributed by atoms with Crippen LogP contribution in [0.25, 0.3) is 17.3 Å². The number of nitrogens with zero attached hydrogens (tertiary/aromatic N) is 9. The highest BCUT2D eigenvalue weighted by atomic mass is 16.3. The number of rotatable bonds is 4. The molecule has 0 aliphatic rings. The van der Waals surface area contributed by atoms with Gasteiger partial charge in [0.05, 0.1) is 12.4 Å². The number of aromatic nitrogens is 8. The maximum absolute atomic E-state index is 9.35. The Kier molecular flexibility index (Phi) is 3.28. The molecular formula is C11H13N9O. The SMILES string of the molecule is CN(C)Cn1nnnc1-c1nnnn1-c1ccc(O)cc1. The number of hydrogen-bond acceptors (Lipinski definition) is 8. The van der Waals surface area contributed by atoms with E-state index in [9.17, 15) is 5.11 Å². The lowest BCUT2D eigenvalue weighted by Gasteiger charge is -2.10. The summed E-state index contributed by atoms with van der Waals surface area (Å²) in [6, 6.07) is 6.53. The van der Waals surface area contributed by atoms with E-state index in [2.05, 4.69) is 31.1 Å². The maximum atomic E-state index is 9.35. The first kappa shape index (κ1) is 13.1. The fraction of sp³-hybridized carbons (Fsp3) is 0.273. The number of phenols is 1. The monoisotopic (exact) mass is 287 g/mol. The van der Waals surface area contributed by atoms with Crippen LogP contribution in [0.2, 0.25) is 0 Å². The van der Waals surface area contributed by atoms with E-state index in [-0.39, 0.29) is 5.75 Å². The van der Waals surface area contributed by atoms with Crippen LogP contribution >= 0.6 is 0 Å². The zero-order chi connectivity index (χ0) is 14.8. The first-order chi connectivity index (χ1) is 10.1. The van der Waals surface area contributed by atoms with Crippen molar-refractivity contribution in [3.05, 3.63) is 24.3 Å². The molecule has 0 saturated carbocycles. The highest BCUT2D eigenvalue weighted by Crippen LogP contribution is 2.18. The number of benzene rings is 1. The van der Waals surface area contributed by atoms with Gasteiger partial charge in [0.1, 0.15) is 5.75 Å². The van der Waals surface area contributed by atoms with Crippen molar-refractivity contribution in [2.45, 2.75) is 6.67 Å². The average Bonchev–Trinajstić information content (AvgIpc) is 3.07. The fourth-order valence-corrected chi connectivity index (χ4v) is 1.82. The summed E-state index contributed by atoms with van der Waals surface area (Å²) in [5.41, 5.74) is 0.701. The third-order valence-electron chi connectivity index (χ3n) is 2.71. The molecule has 1 aromatic carbocycles. The van der Waals surface area contributed by atoms with Crippen molar-refractivity contribution in [1.82, 2.24) is 45.3 Å². The smallest absolute Gasteiger partial charge is 0.226 e. The second-order valence-electron chi connectivity index (χ2n) is 4.65. The molecule has 3 aromatic rings. The molecule has 0 amide bonds. The lowest BCUT2D eigenvalue weighted by molar-refractivity contribution is 0.305. The Hall–Kier alpha value is -2.88. The molecule has 0 fully saturated rings. The van der Waals surface area contributed by atoms with Crippen molar-refractivity contribution in [3.63, 3.8) is 0 Å². The van der Waals surface area contributed by atoms with Crippen molar-refractivity contribution in [2.24, 2.45) is 0 Å². The van der Waals surface area contributed by atoms with Crippen molar-refractivity contribution < 1.29 is 5.11 Å². The lowest BCUT2D eigenvalue weighted by Crippen LogP contribution is -2.19. The Morgan fingerprint density at radius 1 is 1.00 bits per heavy atom. The molecule has 0 unspecified atom stereocenters. The first-order valence-corrected chi connectivity index (χ1v) is 6.14. The number of tetrazole rings is 2. The molecule has 0 spiro atoms. The van der Waals surface area contributed by atoms with Gasteiger partial charge in [-0.25, -0.2) is 4.68 Å². The molecule has 21 heavy (non-hydrogen) atoms. The van der Waals surface area contributed by atoms with Crippen LogP contribution in [0.5, 0.6) is 5.75 Å². The van der Waals surface area contributed by atoms with Gasteiger partial charge in [-0.15, -0.1) is 10.2 Å². The highest BCUT2D eigenvalue weighted by Gasteiger charge is 2.18. The molecule has 1 N–H and O–H groups in total. The van der Waals surface area contributed by atoms with E-state index in [1.807, 2.05) is 19.0 Å². The molecule has 10 heteroatoms. The van der Waals surface area contributed by atoms with Crippen LogP contribution in [0.3, 0.4) is 0 Å². The van der Waals surface area contributed by atoms with E-state index >= 15 is 0 Å². The Morgan fingerprint density at radius 3 is 2.38 bits per heavy atom. The molecule has 0 saturated heterocycles. The normalized spacial score (nSPS) is 11.2. The van der Waals surface area contributed by atoms with Crippen LogP contribution in [-0.2, 0) is 6.67 Å². The van der Waals surface area contributed by atoms with Gasteiger partial charge in [0, 0.05) is 0 Å². The van der Waals surface area contributed by atoms with Gasteiger partial charge >= 0.3 is 0 Å². The maximum Gasteiger partial charge on any atom is 0.226 e. The number of aromatic hydroxyl groups is 1. The minimum atomic E-state index is 0.172. The van der Waals surface area contributed by atoms with Crippen LogP contribution in [0, 0.1) is 0 Å². The van der Waals surface area contributed by atoms with E-state index in [0.29, 0.717) is 24.0 Å². The zero-order valence-electron chi connectivity index (χ0n) is 11.5. The molecule has 108 valence electrons. The Morgan fingerprint density at radius 2 is 1.67 bits per heavy atom. The van der Waals surface area contributed by atoms with Gasteiger partial charge in [-0.1, -0.05) is 0 Å². The third kappa shape index (κ3) is 2.56. The summed E-state index contributed by atoms with van der Waals surface area (Å²) in [5.74, 6) is 1.06. The summed E-state index contributed by atoms with van der Waals surface area (Å²) in [5, 5.41) is 32.5. The fourth-order valence-electron chi connectivity index (χ4n) is 1.82. The van der Waals surface area contributed by atoms with Gasteiger partial charge in [0.15, 0.2) is 0 Å². The summed E-state index contributed by atoms with van der Waals surface area (Å²) in [6.45, 7) is 0.505. The van der Waals surface area contributed by atoms with Crippen LogP contribution in [0.4, 0.5) is 0 Å². The average molecular weight is 287 g/mol. The molecule has 2 aromatic heterocycles. The van der Waals surface area contributed by atoms with Crippen LogP contribution < -0.4 is 0 Å². The standard InChI is InChI=1S/C11H13N9O/c1-18(2)7-19-10(12-14-16-19)11-13-15-17-20(11)8-3-5-9(21)6-4-8/h3-6,21H,7H2,1-2H3. The summed E-state index contributed by atoms with van der Waals surface area (Å²) in [4.78, 5) is 1.93. The number of hydrogen-bond donors (Lipinski definition) is 1. The van der Waals surface area contributed by atoms with Gasteiger partial charge in [0.25, 0.3) is 0 Å². The molecule has 10 nitrogen and oxygen atoms in total. The number of phenolic OH excluding ortho intramolecular Hbond substituents is 1. The predicted octanol–water partition coefficient (Wildman–Crippen LogP) is -0.460. The van der Waals surface area contributed by atoms with E-state index in [4.69, 9.17) is 0 Å². The summed E-state index contributed by atoms with van der Waals surface area (Å²) < 4.78 is 3.11. The molecule has 0 aliphatic heterocycles. The molecule has 3 rings (SSSR count).